The van der Waals surface area contributed by atoms with Crippen molar-refractivity contribution in [2.45, 2.75) is 25.7 Å². The summed E-state index contributed by atoms with van der Waals surface area (Å²) in [5.41, 5.74) is 6.74. The van der Waals surface area contributed by atoms with Crippen LogP contribution >= 0.6 is 0 Å². The van der Waals surface area contributed by atoms with Crippen LogP contribution in [0.1, 0.15) is 24.8 Å². The summed E-state index contributed by atoms with van der Waals surface area (Å²) in [6, 6.07) is 8.80. The molecular weight excluding hydrogens is 279 g/mol. The van der Waals surface area contributed by atoms with Crippen molar-refractivity contribution in [1.82, 2.24) is 9.97 Å². The number of hydrogen-bond acceptors (Lipinski definition) is 4. The summed E-state index contributed by atoms with van der Waals surface area (Å²) in [4.78, 5) is 10.5. The average Bonchev–Trinajstić information content (AvgIpc) is 2.53. The number of halogens is 1. The molecule has 1 aliphatic rings. The Balaban J connectivity index is 1.59. The third kappa shape index (κ3) is 3.72. The van der Waals surface area contributed by atoms with Crippen LogP contribution in [0.3, 0.4) is 0 Å². The molecule has 1 aromatic carbocycles. The topological polar surface area (TPSA) is 55.0 Å². The van der Waals surface area contributed by atoms with E-state index in [4.69, 9.17) is 5.73 Å². The van der Waals surface area contributed by atoms with Crippen LogP contribution in [0.5, 0.6) is 0 Å². The minimum Gasteiger partial charge on any atom is -0.368 e. The Morgan fingerprint density at radius 2 is 2.23 bits per heavy atom. The van der Waals surface area contributed by atoms with Crippen molar-refractivity contribution < 1.29 is 4.39 Å². The van der Waals surface area contributed by atoms with Crippen molar-refractivity contribution in [3.8, 4) is 0 Å². The molecule has 2 N–H and O–H groups in total. The Morgan fingerprint density at radius 3 is 3.05 bits per heavy atom. The zero-order chi connectivity index (χ0) is 15.4. The van der Waals surface area contributed by atoms with Crippen LogP contribution in [0.15, 0.2) is 36.5 Å². The predicted molar refractivity (Wildman–Crippen MR) is 86.1 cm³/mol. The molecule has 1 aromatic heterocycles. The van der Waals surface area contributed by atoms with Crippen LogP contribution in [0.4, 0.5) is 16.2 Å². The second kappa shape index (κ2) is 6.73. The largest absolute Gasteiger partial charge is 0.368 e. The molecule has 1 fully saturated rings. The van der Waals surface area contributed by atoms with Gasteiger partial charge in [0.2, 0.25) is 5.95 Å². The number of aromatic nitrogens is 2. The predicted octanol–water partition coefficient (Wildman–Crippen LogP) is 3.05. The highest BCUT2D eigenvalue weighted by molar-refractivity contribution is 5.41. The number of benzene rings is 1. The molecule has 5 heteroatoms. The summed E-state index contributed by atoms with van der Waals surface area (Å²) >= 11 is 0. The maximum atomic E-state index is 13.2. The lowest BCUT2D eigenvalue weighted by Gasteiger charge is -2.33. The van der Waals surface area contributed by atoms with E-state index in [1.807, 2.05) is 12.1 Å². The van der Waals surface area contributed by atoms with Gasteiger partial charge in [0, 0.05) is 19.3 Å². The minimum atomic E-state index is -0.153. The molecule has 0 bridgehead atoms. The number of nitrogens with zero attached hydrogens (tertiary/aromatic N) is 3. The number of hydrogen-bond donors (Lipinski definition) is 1. The molecule has 0 aliphatic carbocycles. The Labute approximate surface area is 130 Å². The van der Waals surface area contributed by atoms with Crippen LogP contribution in [0.25, 0.3) is 0 Å². The first-order chi connectivity index (χ1) is 10.7. The minimum absolute atomic E-state index is 0.153. The highest BCUT2D eigenvalue weighted by Crippen LogP contribution is 2.25. The fourth-order valence-corrected chi connectivity index (χ4v) is 3.11. The van der Waals surface area contributed by atoms with E-state index in [0.29, 0.717) is 11.9 Å². The molecule has 0 spiro atoms. The van der Waals surface area contributed by atoms with Gasteiger partial charge in [-0.3, -0.25) is 0 Å². The monoisotopic (exact) mass is 300 g/mol. The smallest absolute Gasteiger partial charge is 0.221 e. The summed E-state index contributed by atoms with van der Waals surface area (Å²) in [6.07, 6.45) is 6.06. The van der Waals surface area contributed by atoms with Gasteiger partial charge in [-0.2, -0.15) is 4.98 Å². The molecule has 0 saturated carbocycles. The van der Waals surface area contributed by atoms with Gasteiger partial charge in [0.05, 0.1) is 0 Å². The van der Waals surface area contributed by atoms with Crippen LogP contribution in [0, 0.1) is 11.7 Å². The van der Waals surface area contributed by atoms with Crippen molar-refractivity contribution in [1.29, 1.82) is 0 Å². The van der Waals surface area contributed by atoms with Gasteiger partial charge in [0.25, 0.3) is 0 Å². The molecular formula is C17H21FN4. The first-order valence-electron chi connectivity index (χ1n) is 7.78. The highest BCUT2D eigenvalue weighted by Gasteiger charge is 2.21. The van der Waals surface area contributed by atoms with Crippen LogP contribution in [-0.2, 0) is 6.42 Å². The van der Waals surface area contributed by atoms with E-state index < -0.39 is 0 Å². The Bertz CT molecular complexity index is 632. The SMILES string of the molecule is Nc1nccc(N2CCC[C@H](CCc3cccc(F)c3)C2)n1. The van der Waals surface area contributed by atoms with E-state index in [-0.39, 0.29) is 5.82 Å². The lowest BCUT2D eigenvalue weighted by atomic mass is 9.91. The van der Waals surface area contributed by atoms with Crippen molar-refractivity contribution in [2.24, 2.45) is 5.92 Å². The maximum absolute atomic E-state index is 13.2. The molecule has 2 aromatic rings. The first kappa shape index (κ1) is 14.8. The van der Waals surface area contributed by atoms with Gasteiger partial charge in [-0.05, 0) is 55.4 Å². The molecule has 22 heavy (non-hydrogen) atoms. The molecule has 3 rings (SSSR count). The van der Waals surface area contributed by atoms with Crippen molar-refractivity contribution >= 4 is 11.8 Å². The van der Waals surface area contributed by atoms with E-state index in [2.05, 4.69) is 14.9 Å². The van der Waals surface area contributed by atoms with E-state index in [1.54, 1.807) is 18.3 Å². The fraction of sp³-hybridized carbons (Fsp3) is 0.412. The van der Waals surface area contributed by atoms with E-state index >= 15 is 0 Å². The lowest BCUT2D eigenvalue weighted by Crippen LogP contribution is -2.36. The molecule has 0 amide bonds. The van der Waals surface area contributed by atoms with Gasteiger partial charge in [-0.25, -0.2) is 9.37 Å². The quantitative estimate of drug-likeness (QED) is 0.943. The Kier molecular flexibility index (Phi) is 4.51. The molecule has 0 radical (unpaired) electrons. The molecule has 2 heterocycles. The fourth-order valence-electron chi connectivity index (χ4n) is 3.11. The van der Waals surface area contributed by atoms with Gasteiger partial charge in [0.1, 0.15) is 11.6 Å². The van der Waals surface area contributed by atoms with E-state index in [1.165, 1.54) is 12.5 Å². The summed E-state index contributed by atoms with van der Waals surface area (Å²) in [6.45, 7) is 1.98. The number of nitrogen functional groups attached to an aromatic ring is 1. The number of anilines is 2. The molecule has 0 unspecified atom stereocenters. The summed E-state index contributed by atoms with van der Waals surface area (Å²) < 4.78 is 13.2. The molecule has 116 valence electrons. The van der Waals surface area contributed by atoms with Gasteiger partial charge < -0.3 is 10.6 Å². The summed E-state index contributed by atoms with van der Waals surface area (Å²) in [7, 11) is 0. The summed E-state index contributed by atoms with van der Waals surface area (Å²) in [5, 5.41) is 0. The van der Waals surface area contributed by atoms with Crippen molar-refractivity contribution in [2.75, 3.05) is 23.7 Å². The third-order valence-corrected chi connectivity index (χ3v) is 4.23. The highest BCUT2D eigenvalue weighted by atomic mass is 19.1. The number of nitrogens with two attached hydrogens (primary N) is 1. The Morgan fingerprint density at radius 1 is 1.32 bits per heavy atom. The Hall–Kier alpha value is -2.17. The van der Waals surface area contributed by atoms with Crippen LogP contribution in [0.2, 0.25) is 0 Å². The van der Waals surface area contributed by atoms with Gasteiger partial charge >= 0.3 is 0 Å². The first-order valence-corrected chi connectivity index (χ1v) is 7.78. The third-order valence-electron chi connectivity index (χ3n) is 4.23. The van der Waals surface area contributed by atoms with Gasteiger partial charge in [-0.15, -0.1) is 0 Å². The summed E-state index contributed by atoms with van der Waals surface area (Å²) in [5.74, 6) is 1.68. The second-order valence-electron chi connectivity index (χ2n) is 5.90. The van der Waals surface area contributed by atoms with Crippen LogP contribution < -0.4 is 10.6 Å². The van der Waals surface area contributed by atoms with E-state index in [9.17, 15) is 4.39 Å². The maximum Gasteiger partial charge on any atom is 0.221 e. The molecule has 1 saturated heterocycles. The number of piperidine rings is 1. The zero-order valence-corrected chi connectivity index (χ0v) is 12.6. The molecule has 1 atom stereocenters. The zero-order valence-electron chi connectivity index (χ0n) is 12.6. The van der Waals surface area contributed by atoms with Crippen molar-refractivity contribution in [3.05, 3.63) is 47.9 Å². The van der Waals surface area contributed by atoms with E-state index in [0.717, 1.165) is 43.7 Å². The second-order valence-corrected chi connectivity index (χ2v) is 5.90. The van der Waals surface area contributed by atoms with Gasteiger partial charge in [-0.1, -0.05) is 12.1 Å². The number of aryl methyl sites for hydroxylation is 1. The lowest BCUT2D eigenvalue weighted by molar-refractivity contribution is 0.390. The molecule has 1 aliphatic heterocycles. The van der Waals surface area contributed by atoms with Crippen molar-refractivity contribution in [3.63, 3.8) is 0 Å². The molecule has 4 nitrogen and oxygen atoms in total. The normalized spacial score (nSPS) is 18.4. The van der Waals surface area contributed by atoms with Gasteiger partial charge in [0.15, 0.2) is 0 Å². The van der Waals surface area contributed by atoms with Crippen LogP contribution in [-0.4, -0.2) is 23.1 Å². The number of rotatable bonds is 4. The standard InChI is InChI=1S/C17H21FN4/c18-15-5-1-3-13(11-15)6-7-14-4-2-10-22(12-14)16-8-9-20-17(19)21-16/h1,3,5,8-9,11,14H,2,4,6-7,10,12H2,(H2,19,20,21)/t14-/m1/s1. The average molecular weight is 300 g/mol.